The van der Waals surface area contributed by atoms with E-state index in [-0.39, 0.29) is 17.3 Å². The van der Waals surface area contributed by atoms with Gasteiger partial charge in [0.1, 0.15) is 5.54 Å². The zero-order chi connectivity index (χ0) is 14.9. The van der Waals surface area contributed by atoms with E-state index < -0.39 is 5.54 Å². The quantitative estimate of drug-likeness (QED) is 0.634. The van der Waals surface area contributed by atoms with E-state index in [9.17, 15) is 9.59 Å². The van der Waals surface area contributed by atoms with Crippen molar-refractivity contribution in [1.82, 2.24) is 5.32 Å². The van der Waals surface area contributed by atoms with Crippen molar-refractivity contribution in [3.63, 3.8) is 0 Å². The Labute approximate surface area is 123 Å². The molecule has 3 rings (SSSR count). The summed E-state index contributed by atoms with van der Waals surface area (Å²) in [5.41, 5.74) is 0.901. The molecule has 1 N–H and O–H groups in total. The molecule has 2 aliphatic rings. The number of nitrogens with zero attached hydrogens (tertiary/aromatic N) is 1. The first kappa shape index (κ1) is 13.6. The lowest BCUT2D eigenvalue weighted by molar-refractivity contribution is -0.121. The van der Waals surface area contributed by atoms with Crippen LogP contribution in [0.1, 0.15) is 43.2 Å². The summed E-state index contributed by atoms with van der Waals surface area (Å²) in [6, 6.07) is 8.90. The third-order valence-electron chi connectivity index (χ3n) is 4.33. The molecule has 1 amide bonds. The summed E-state index contributed by atoms with van der Waals surface area (Å²) >= 11 is 0. The number of rotatable bonds is 1. The van der Waals surface area contributed by atoms with Gasteiger partial charge in [-0.2, -0.15) is 5.26 Å². The molecule has 4 nitrogen and oxygen atoms in total. The number of benzene rings is 1. The summed E-state index contributed by atoms with van der Waals surface area (Å²) in [6.07, 6.45) is 6.19. The van der Waals surface area contributed by atoms with E-state index in [0.717, 1.165) is 37.7 Å². The lowest BCUT2D eigenvalue weighted by Gasteiger charge is -2.30. The average molecular weight is 280 g/mol. The number of hydrogen-bond acceptors (Lipinski definition) is 3. The lowest BCUT2D eigenvalue weighted by Crippen LogP contribution is -2.47. The second-order valence-electron chi connectivity index (χ2n) is 5.72. The van der Waals surface area contributed by atoms with Gasteiger partial charge in [0.2, 0.25) is 0 Å². The van der Waals surface area contributed by atoms with E-state index in [1.807, 2.05) is 6.07 Å². The van der Waals surface area contributed by atoms with E-state index in [1.165, 1.54) is 0 Å². The second kappa shape index (κ2) is 5.17. The molecule has 106 valence electrons. The van der Waals surface area contributed by atoms with Gasteiger partial charge < -0.3 is 5.32 Å². The van der Waals surface area contributed by atoms with Crippen LogP contribution in [0, 0.1) is 11.3 Å². The normalized spacial score (nSPS) is 22.3. The van der Waals surface area contributed by atoms with Crippen LogP contribution < -0.4 is 5.32 Å². The molecule has 1 saturated heterocycles. The summed E-state index contributed by atoms with van der Waals surface area (Å²) in [5.74, 6) is -0.345. The first-order valence-corrected chi connectivity index (χ1v) is 7.24. The number of Topliss-reactive ketones (excluding diaryl/α,β-unsaturated/α-hetero) is 1. The minimum atomic E-state index is -0.659. The molecular weight excluding hydrogens is 264 g/mol. The first-order valence-electron chi connectivity index (χ1n) is 7.24. The number of ketones is 1. The van der Waals surface area contributed by atoms with Crippen LogP contribution in [0.5, 0.6) is 0 Å². The molecule has 0 bridgehead atoms. The van der Waals surface area contributed by atoms with Gasteiger partial charge in [0.25, 0.3) is 5.91 Å². The Bertz CT molecular complexity index is 659. The minimum Gasteiger partial charge on any atom is -0.339 e. The standard InChI is InChI=1S/C17H16N2O2/c18-11-13-6-4-12(5-7-13)10-14-15(20)17(19-16(14)21)8-2-1-3-9-17/h4-7,10H,1-3,8-9H2,(H,19,21). The summed E-state index contributed by atoms with van der Waals surface area (Å²) < 4.78 is 0. The van der Waals surface area contributed by atoms with Crippen molar-refractivity contribution in [1.29, 1.82) is 5.26 Å². The van der Waals surface area contributed by atoms with Crippen LogP contribution in [0.15, 0.2) is 29.8 Å². The van der Waals surface area contributed by atoms with Crippen molar-refractivity contribution in [2.45, 2.75) is 37.6 Å². The Balaban J connectivity index is 1.91. The predicted molar refractivity (Wildman–Crippen MR) is 78.1 cm³/mol. The van der Waals surface area contributed by atoms with Crippen LogP contribution in [0.4, 0.5) is 0 Å². The highest BCUT2D eigenvalue weighted by molar-refractivity contribution is 6.31. The molecule has 1 heterocycles. The van der Waals surface area contributed by atoms with E-state index in [4.69, 9.17) is 5.26 Å². The minimum absolute atomic E-state index is 0.0726. The molecule has 0 radical (unpaired) electrons. The number of nitriles is 1. The molecule has 4 heteroatoms. The molecule has 1 aliphatic heterocycles. The Kier molecular flexibility index (Phi) is 3.34. The van der Waals surface area contributed by atoms with Gasteiger partial charge >= 0.3 is 0 Å². The summed E-state index contributed by atoms with van der Waals surface area (Å²) in [4.78, 5) is 24.7. The van der Waals surface area contributed by atoms with Crippen LogP contribution in [0.25, 0.3) is 6.08 Å². The highest BCUT2D eigenvalue weighted by Gasteiger charge is 2.49. The lowest BCUT2D eigenvalue weighted by atomic mass is 9.79. The van der Waals surface area contributed by atoms with Crippen LogP contribution in [-0.4, -0.2) is 17.2 Å². The fourth-order valence-electron chi connectivity index (χ4n) is 3.16. The SMILES string of the molecule is N#Cc1ccc(C=C2C(=O)NC3(CCCCC3)C2=O)cc1. The maximum atomic E-state index is 12.6. The Morgan fingerprint density at radius 1 is 1.10 bits per heavy atom. The third kappa shape index (κ3) is 2.36. The van der Waals surface area contributed by atoms with Gasteiger partial charge in [-0.3, -0.25) is 9.59 Å². The number of amides is 1. The first-order chi connectivity index (χ1) is 10.1. The molecule has 1 saturated carbocycles. The van der Waals surface area contributed by atoms with Gasteiger partial charge in [-0.05, 0) is 36.6 Å². The monoisotopic (exact) mass is 280 g/mol. The van der Waals surface area contributed by atoms with E-state index in [1.54, 1.807) is 30.3 Å². The molecular formula is C17H16N2O2. The van der Waals surface area contributed by atoms with Crippen molar-refractivity contribution in [3.05, 3.63) is 41.0 Å². The number of carbonyl (C=O) groups is 2. The topological polar surface area (TPSA) is 70.0 Å². The number of carbonyl (C=O) groups excluding carboxylic acids is 2. The summed E-state index contributed by atoms with van der Waals surface area (Å²) in [6.45, 7) is 0. The van der Waals surface area contributed by atoms with Gasteiger partial charge in [0, 0.05) is 0 Å². The molecule has 1 aromatic carbocycles. The van der Waals surface area contributed by atoms with E-state index in [2.05, 4.69) is 5.32 Å². The van der Waals surface area contributed by atoms with Crippen molar-refractivity contribution < 1.29 is 9.59 Å². The van der Waals surface area contributed by atoms with Crippen molar-refractivity contribution in [2.24, 2.45) is 0 Å². The third-order valence-corrected chi connectivity index (χ3v) is 4.33. The van der Waals surface area contributed by atoms with Gasteiger partial charge in [0.15, 0.2) is 5.78 Å². The summed E-state index contributed by atoms with van der Waals surface area (Å²) in [7, 11) is 0. The predicted octanol–water partition coefficient (Wildman–Crippen LogP) is 2.34. The molecule has 1 spiro atoms. The van der Waals surface area contributed by atoms with Gasteiger partial charge in [-0.25, -0.2) is 0 Å². The summed E-state index contributed by atoms with van der Waals surface area (Å²) in [5, 5.41) is 11.7. The number of nitrogens with one attached hydrogen (secondary N) is 1. The zero-order valence-electron chi connectivity index (χ0n) is 11.7. The van der Waals surface area contributed by atoms with Crippen molar-refractivity contribution in [2.75, 3.05) is 0 Å². The Morgan fingerprint density at radius 3 is 2.38 bits per heavy atom. The molecule has 2 fully saturated rings. The van der Waals surface area contributed by atoms with Crippen molar-refractivity contribution >= 4 is 17.8 Å². The van der Waals surface area contributed by atoms with Crippen molar-refractivity contribution in [3.8, 4) is 6.07 Å². The van der Waals surface area contributed by atoms with E-state index in [0.29, 0.717) is 5.56 Å². The average Bonchev–Trinajstić information content (AvgIpc) is 2.73. The zero-order valence-corrected chi connectivity index (χ0v) is 11.7. The highest BCUT2D eigenvalue weighted by atomic mass is 16.2. The smallest absolute Gasteiger partial charge is 0.255 e. The van der Waals surface area contributed by atoms with E-state index >= 15 is 0 Å². The Hall–Kier alpha value is -2.41. The molecule has 21 heavy (non-hydrogen) atoms. The highest BCUT2D eigenvalue weighted by Crippen LogP contribution is 2.35. The molecule has 0 atom stereocenters. The van der Waals surface area contributed by atoms with Gasteiger partial charge in [-0.1, -0.05) is 31.4 Å². The fraction of sp³-hybridized carbons (Fsp3) is 0.353. The Morgan fingerprint density at radius 2 is 1.76 bits per heavy atom. The maximum Gasteiger partial charge on any atom is 0.255 e. The van der Waals surface area contributed by atoms with Crippen LogP contribution in [0.2, 0.25) is 0 Å². The maximum absolute atomic E-state index is 12.6. The second-order valence-corrected chi connectivity index (χ2v) is 5.72. The van der Waals surface area contributed by atoms with Gasteiger partial charge in [-0.15, -0.1) is 0 Å². The van der Waals surface area contributed by atoms with Crippen LogP contribution in [-0.2, 0) is 9.59 Å². The molecule has 1 aromatic rings. The molecule has 1 aliphatic carbocycles. The van der Waals surface area contributed by atoms with Gasteiger partial charge in [0.05, 0.1) is 17.2 Å². The van der Waals surface area contributed by atoms with Crippen LogP contribution in [0.3, 0.4) is 0 Å². The fourth-order valence-corrected chi connectivity index (χ4v) is 3.16. The molecule has 0 unspecified atom stereocenters. The van der Waals surface area contributed by atoms with Crippen LogP contribution >= 0.6 is 0 Å². The number of hydrogen-bond donors (Lipinski definition) is 1. The molecule has 0 aromatic heterocycles. The largest absolute Gasteiger partial charge is 0.339 e.